The van der Waals surface area contributed by atoms with E-state index >= 15 is 0 Å². The van der Waals surface area contributed by atoms with Crippen LogP contribution in [-0.4, -0.2) is 25.5 Å². The lowest BCUT2D eigenvalue weighted by Crippen LogP contribution is -2.18. The van der Waals surface area contributed by atoms with Gasteiger partial charge in [-0.3, -0.25) is 0 Å². The molecule has 0 amide bonds. The van der Waals surface area contributed by atoms with Crippen LogP contribution in [0.5, 0.6) is 0 Å². The third-order valence-electron chi connectivity index (χ3n) is 2.67. The van der Waals surface area contributed by atoms with E-state index in [2.05, 4.69) is 5.32 Å². The quantitative estimate of drug-likeness (QED) is 0.736. The van der Waals surface area contributed by atoms with Gasteiger partial charge in [0.2, 0.25) is 10.0 Å². The average Bonchev–Trinajstić information content (AvgIpc) is 2.27. The summed E-state index contributed by atoms with van der Waals surface area (Å²) in [5, 5.41) is 17.2. The summed E-state index contributed by atoms with van der Waals surface area (Å²) < 4.78 is 22.4. The smallest absolute Gasteiger partial charge is 0.337 e. The van der Waals surface area contributed by atoms with Crippen molar-refractivity contribution in [3.8, 4) is 0 Å². The number of carbonyl (C=O) groups is 1. The van der Waals surface area contributed by atoms with Gasteiger partial charge in [-0.1, -0.05) is 13.3 Å². The zero-order valence-electron chi connectivity index (χ0n) is 10.9. The van der Waals surface area contributed by atoms with Gasteiger partial charge in [-0.2, -0.15) is 0 Å². The largest absolute Gasteiger partial charge is 0.478 e. The summed E-state index contributed by atoms with van der Waals surface area (Å²) in [7, 11) is -3.91. The fourth-order valence-corrected chi connectivity index (χ4v) is 2.31. The highest BCUT2D eigenvalue weighted by Crippen LogP contribution is 2.21. The van der Waals surface area contributed by atoms with E-state index in [9.17, 15) is 13.2 Å². The molecule has 0 spiro atoms. The molecule has 0 heterocycles. The molecule has 7 heteroatoms. The van der Waals surface area contributed by atoms with Gasteiger partial charge < -0.3 is 10.4 Å². The molecule has 1 atom stereocenters. The number of rotatable bonds is 6. The molecule has 0 saturated heterocycles. The van der Waals surface area contributed by atoms with Crippen LogP contribution in [0.4, 0.5) is 5.69 Å². The lowest BCUT2D eigenvalue weighted by molar-refractivity contribution is 0.0697. The van der Waals surface area contributed by atoms with E-state index in [0.717, 1.165) is 18.9 Å². The Hall–Kier alpha value is -1.60. The number of carboxylic acid groups (broad SMARTS) is 1. The Kier molecular flexibility index (Phi) is 4.90. The zero-order valence-corrected chi connectivity index (χ0v) is 11.7. The molecule has 0 radical (unpaired) electrons. The molecule has 0 bridgehead atoms. The van der Waals surface area contributed by atoms with Gasteiger partial charge in [0.1, 0.15) is 0 Å². The van der Waals surface area contributed by atoms with E-state index in [-0.39, 0.29) is 16.5 Å². The van der Waals surface area contributed by atoms with Crippen molar-refractivity contribution >= 4 is 21.7 Å². The summed E-state index contributed by atoms with van der Waals surface area (Å²) in [5.41, 5.74) is 0.287. The molecule has 106 valence electrons. The summed E-state index contributed by atoms with van der Waals surface area (Å²) in [5.74, 6) is -1.20. The standard InChI is InChI=1S/C12H18N2O4S/c1-3-4-8(2)14-11-6-5-9(19(13,17)18)7-10(11)12(15)16/h5-8,14H,3-4H2,1-2H3,(H,15,16)(H2,13,17,18)/t8-/m0/s1. The number of primary sulfonamides is 1. The molecule has 1 aromatic carbocycles. The van der Waals surface area contributed by atoms with E-state index < -0.39 is 16.0 Å². The molecule has 19 heavy (non-hydrogen) atoms. The number of hydrogen-bond acceptors (Lipinski definition) is 4. The maximum atomic E-state index is 11.2. The second kappa shape index (κ2) is 6.03. The SMILES string of the molecule is CCC[C@H](C)Nc1ccc(S(N)(=O)=O)cc1C(=O)O. The second-order valence-electron chi connectivity index (χ2n) is 4.39. The summed E-state index contributed by atoms with van der Waals surface area (Å²) in [6.45, 7) is 3.96. The third kappa shape index (κ3) is 4.22. The predicted octanol–water partition coefficient (Wildman–Crippen LogP) is 1.63. The Morgan fingerprint density at radius 2 is 2.11 bits per heavy atom. The normalized spacial score (nSPS) is 13.0. The topological polar surface area (TPSA) is 109 Å². The minimum Gasteiger partial charge on any atom is -0.478 e. The average molecular weight is 286 g/mol. The minimum absolute atomic E-state index is 0.100. The van der Waals surface area contributed by atoms with Crippen molar-refractivity contribution in [2.24, 2.45) is 5.14 Å². The van der Waals surface area contributed by atoms with Crippen LogP contribution in [-0.2, 0) is 10.0 Å². The molecule has 0 aliphatic carbocycles. The Labute approximate surface area is 112 Å². The van der Waals surface area contributed by atoms with E-state index in [1.807, 2.05) is 13.8 Å². The molecule has 6 nitrogen and oxygen atoms in total. The molecule has 0 unspecified atom stereocenters. The van der Waals surface area contributed by atoms with Gasteiger partial charge in [0, 0.05) is 11.7 Å². The predicted molar refractivity (Wildman–Crippen MR) is 72.8 cm³/mol. The van der Waals surface area contributed by atoms with Gasteiger partial charge in [-0.25, -0.2) is 18.4 Å². The second-order valence-corrected chi connectivity index (χ2v) is 5.95. The molecule has 0 fully saturated rings. The van der Waals surface area contributed by atoms with Crippen molar-refractivity contribution in [3.63, 3.8) is 0 Å². The van der Waals surface area contributed by atoms with Crippen LogP contribution in [0.15, 0.2) is 23.1 Å². The molecule has 0 aliphatic heterocycles. The number of benzene rings is 1. The summed E-state index contributed by atoms with van der Waals surface area (Å²) in [6.07, 6.45) is 1.85. The van der Waals surface area contributed by atoms with Crippen molar-refractivity contribution in [2.45, 2.75) is 37.6 Å². The Bertz CT molecular complexity index is 569. The van der Waals surface area contributed by atoms with Crippen LogP contribution in [0, 0.1) is 0 Å². The van der Waals surface area contributed by atoms with Crippen LogP contribution >= 0.6 is 0 Å². The zero-order chi connectivity index (χ0) is 14.6. The first-order valence-corrected chi connectivity index (χ1v) is 7.47. The molecular weight excluding hydrogens is 268 g/mol. The first-order chi connectivity index (χ1) is 8.75. The highest BCUT2D eigenvalue weighted by molar-refractivity contribution is 7.89. The molecule has 0 saturated carbocycles. The Morgan fingerprint density at radius 3 is 2.58 bits per heavy atom. The van der Waals surface area contributed by atoms with E-state index in [1.54, 1.807) is 0 Å². The molecule has 0 aromatic heterocycles. The lowest BCUT2D eigenvalue weighted by Gasteiger charge is -2.16. The van der Waals surface area contributed by atoms with Crippen molar-refractivity contribution in [3.05, 3.63) is 23.8 Å². The molecular formula is C12H18N2O4S. The van der Waals surface area contributed by atoms with Gasteiger partial charge in [0.05, 0.1) is 10.5 Å². The molecule has 4 N–H and O–H groups in total. The van der Waals surface area contributed by atoms with Crippen molar-refractivity contribution < 1.29 is 18.3 Å². The highest BCUT2D eigenvalue weighted by Gasteiger charge is 2.16. The first-order valence-electron chi connectivity index (χ1n) is 5.92. The van der Waals surface area contributed by atoms with Gasteiger partial charge >= 0.3 is 5.97 Å². The Morgan fingerprint density at radius 1 is 1.47 bits per heavy atom. The third-order valence-corrected chi connectivity index (χ3v) is 3.58. The lowest BCUT2D eigenvalue weighted by atomic mass is 10.1. The number of anilines is 1. The van der Waals surface area contributed by atoms with E-state index in [0.29, 0.717) is 5.69 Å². The van der Waals surface area contributed by atoms with Crippen molar-refractivity contribution in [1.29, 1.82) is 0 Å². The van der Waals surface area contributed by atoms with Crippen LogP contribution in [0.1, 0.15) is 37.0 Å². The molecule has 0 aliphatic rings. The van der Waals surface area contributed by atoms with Crippen molar-refractivity contribution in [1.82, 2.24) is 0 Å². The van der Waals surface area contributed by atoms with Gasteiger partial charge in [0.25, 0.3) is 0 Å². The Balaban J connectivity index is 3.16. The van der Waals surface area contributed by atoms with Crippen molar-refractivity contribution in [2.75, 3.05) is 5.32 Å². The van der Waals surface area contributed by atoms with Crippen LogP contribution < -0.4 is 10.5 Å². The van der Waals surface area contributed by atoms with Gasteiger partial charge in [-0.15, -0.1) is 0 Å². The maximum Gasteiger partial charge on any atom is 0.337 e. The maximum absolute atomic E-state index is 11.2. The van der Waals surface area contributed by atoms with Gasteiger partial charge in [0.15, 0.2) is 0 Å². The molecule has 1 aromatic rings. The fraction of sp³-hybridized carbons (Fsp3) is 0.417. The number of sulfonamides is 1. The van der Waals surface area contributed by atoms with E-state index in [1.165, 1.54) is 12.1 Å². The minimum atomic E-state index is -3.91. The number of hydrogen-bond donors (Lipinski definition) is 3. The van der Waals surface area contributed by atoms with Crippen LogP contribution in [0.3, 0.4) is 0 Å². The highest BCUT2D eigenvalue weighted by atomic mass is 32.2. The fourth-order valence-electron chi connectivity index (χ4n) is 1.77. The summed E-state index contributed by atoms with van der Waals surface area (Å²) >= 11 is 0. The number of nitrogens with one attached hydrogen (secondary N) is 1. The monoisotopic (exact) mass is 286 g/mol. The number of carboxylic acids is 1. The number of nitrogens with two attached hydrogens (primary N) is 1. The summed E-state index contributed by atoms with van der Waals surface area (Å²) in [6, 6.07) is 3.89. The van der Waals surface area contributed by atoms with E-state index in [4.69, 9.17) is 10.2 Å². The molecule has 1 rings (SSSR count). The van der Waals surface area contributed by atoms with Gasteiger partial charge in [-0.05, 0) is 31.5 Å². The van der Waals surface area contributed by atoms with Crippen LogP contribution in [0.25, 0.3) is 0 Å². The number of aromatic carboxylic acids is 1. The summed E-state index contributed by atoms with van der Waals surface area (Å²) in [4.78, 5) is 11.0. The van der Waals surface area contributed by atoms with Crippen LogP contribution in [0.2, 0.25) is 0 Å². The first kappa shape index (κ1) is 15.5.